The minimum atomic E-state index is -3.99. The van der Waals surface area contributed by atoms with Crippen molar-refractivity contribution in [3.63, 3.8) is 0 Å². The summed E-state index contributed by atoms with van der Waals surface area (Å²) in [5, 5.41) is 1.89. The molecule has 0 unspecified atom stereocenters. The van der Waals surface area contributed by atoms with Crippen molar-refractivity contribution in [1.82, 2.24) is 4.31 Å². The first-order valence-corrected chi connectivity index (χ1v) is 13.3. The summed E-state index contributed by atoms with van der Waals surface area (Å²) in [5.74, 6) is 0.588. The van der Waals surface area contributed by atoms with Gasteiger partial charge in [0.15, 0.2) is 9.84 Å². The number of benzene rings is 2. The number of nitrogens with zero attached hydrogens (tertiary/aromatic N) is 1. The Morgan fingerprint density at radius 1 is 0.967 bits per heavy atom. The summed E-state index contributed by atoms with van der Waals surface area (Å²) in [6, 6.07) is 15.2. The highest BCUT2D eigenvalue weighted by atomic mass is 32.2. The smallest absolute Gasteiger partial charge is 0.244 e. The van der Waals surface area contributed by atoms with Crippen LogP contribution in [-0.4, -0.2) is 34.5 Å². The number of thiophene rings is 1. The van der Waals surface area contributed by atoms with E-state index in [4.69, 9.17) is 4.74 Å². The van der Waals surface area contributed by atoms with Gasteiger partial charge in [-0.2, -0.15) is 4.31 Å². The molecular formula is C21H23NO5S3. The van der Waals surface area contributed by atoms with Crippen LogP contribution in [0, 0.1) is 6.92 Å². The molecule has 0 bridgehead atoms. The molecule has 3 rings (SSSR count). The molecule has 3 aromatic rings. The normalized spacial score (nSPS) is 12.3. The van der Waals surface area contributed by atoms with Gasteiger partial charge in [-0.3, -0.25) is 0 Å². The predicted octanol–water partition coefficient (Wildman–Crippen LogP) is 3.86. The van der Waals surface area contributed by atoms with Gasteiger partial charge >= 0.3 is 0 Å². The van der Waals surface area contributed by atoms with Gasteiger partial charge in [0.1, 0.15) is 5.75 Å². The lowest BCUT2D eigenvalue weighted by Gasteiger charge is -2.24. The van der Waals surface area contributed by atoms with Crippen LogP contribution < -0.4 is 4.74 Å². The second-order valence-corrected chi connectivity index (χ2v) is 11.8. The molecule has 0 fully saturated rings. The molecule has 0 aliphatic rings. The van der Waals surface area contributed by atoms with E-state index in [2.05, 4.69) is 0 Å². The molecule has 0 N–H and O–H groups in total. The van der Waals surface area contributed by atoms with Gasteiger partial charge in [0.25, 0.3) is 0 Å². The number of rotatable bonds is 8. The van der Waals surface area contributed by atoms with Crippen molar-refractivity contribution in [3.8, 4) is 5.75 Å². The molecule has 0 atom stereocenters. The van der Waals surface area contributed by atoms with Crippen LogP contribution in [0.1, 0.15) is 16.0 Å². The fourth-order valence-electron chi connectivity index (χ4n) is 3.05. The van der Waals surface area contributed by atoms with Crippen LogP contribution in [-0.2, 0) is 33.0 Å². The van der Waals surface area contributed by atoms with Crippen molar-refractivity contribution in [2.75, 3.05) is 13.4 Å². The molecule has 0 saturated carbocycles. The Kier molecular flexibility index (Phi) is 6.66. The Hall–Kier alpha value is -2.20. The third kappa shape index (κ3) is 4.92. The maximum atomic E-state index is 13.7. The fraction of sp³-hybridized carbons (Fsp3) is 0.238. The Morgan fingerprint density at radius 3 is 2.33 bits per heavy atom. The van der Waals surface area contributed by atoms with Gasteiger partial charge in [0.05, 0.1) is 16.9 Å². The second kappa shape index (κ2) is 8.89. The fourth-order valence-corrected chi connectivity index (χ4v) is 6.22. The van der Waals surface area contributed by atoms with Crippen molar-refractivity contribution >= 4 is 31.2 Å². The highest BCUT2D eigenvalue weighted by Gasteiger charge is 2.29. The summed E-state index contributed by atoms with van der Waals surface area (Å²) in [5.41, 5.74) is 1.20. The standard InChI is InChI=1S/C21H23NO5S3/c1-16-10-11-19(29(3,23)24)13-21(16)30(25,26)22(15-18-8-6-12-28-18)14-17-7-4-5-9-20(17)27-2/h4-13H,14-15H2,1-3H3. The molecule has 6 nitrogen and oxygen atoms in total. The van der Waals surface area contributed by atoms with Crippen LogP contribution in [0.2, 0.25) is 0 Å². The molecule has 1 aromatic heterocycles. The van der Waals surface area contributed by atoms with Crippen LogP contribution in [0.3, 0.4) is 0 Å². The van der Waals surface area contributed by atoms with Gasteiger partial charge in [0, 0.05) is 29.8 Å². The SMILES string of the molecule is COc1ccccc1CN(Cc1cccs1)S(=O)(=O)c1cc(S(C)(=O)=O)ccc1C. The maximum Gasteiger partial charge on any atom is 0.244 e. The van der Waals surface area contributed by atoms with Gasteiger partial charge in [-0.05, 0) is 42.1 Å². The number of hydrogen-bond donors (Lipinski definition) is 0. The zero-order valence-corrected chi connectivity index (χ0v) is 19.4. The number of para-hydroxylation sites is 1. The monoisotopic (exact) mass is 465 g/mol. The molecule has 30 heavy (non-hydrogen) atoms. The molecule has 2 aromatic carbocycles. The van der Waals surface area contributed by atoms with Crippen LogP contribution in [0.4, 0.5) is 0 Å². The molecule has 0 amide bonds. The molecule has 0 radical (unpaired) electrons. The highest BCUT2D eigenvalue weighted by molar-refractivity contribution is 7.91. The third-order valence-corrected chi connectivity index (χ3v) is 8.56. The number of sulfonamides is 1. The highest BCUT2D eigenvalue weighted by Crippen LogP contribution is 2.29. The molecular weight excluding hydrogens is 442 g/mol. The number of aryl methyl sites for hydroxylation is 1. The van der Waals surface area contributed by atoms with E-state index in [1.54, 1.807) is 13.0 Å². The summed E-state index contributed by atoms with van der Waals surface area (Å²) in [4.78, 5) is 0.835. The Morgan fingerprint density at radius 2 is 1.70 bits per heavy atom. The van der Waals surface area contributed by atoms with Crippen LogP contribution in [0.5, 0.6) is 5.75 Å². The lowest BCUT2D eigenvalue weighted by molar-refractivity contribution is 0.377. The van der Waals surface area contributed by atoms with E-state index in [9.17, 15) is 16.8 Å². The van der Waals surface area contributed by atoms with E-state index >= 15 is 0 Å². The zero-order valence-electron chi connectivity index (χ0n) is 16.9. The average Bonchev–Trinajstić information content (AvgIpc) is 3.20. The summed E-state index contributed by atoms with van der Waals surface area (Å²) < 4.78 is 58.1. The van der Waals surface area contributed by atoms with Gasteiger partial charge < -0.3 is 4.74 Å². The first-order valence-electron chi connectivity index (χ1n) is 9.08. The van der Waals surface area contributed by atoms with Gasteiger partial charge in [-0.15, -0.1) is 11.3 Å². The van der Waals surface area contributed by atoms with Crippen LogP contribution >= 0.6 is 11.3 Å². The largest absolute Gasteiger partial charge is 0.496 e. The van der Waals surface area contributed by atoms with E-state index in [0.29, 0.717) is 11.3 Å². The molecule has 0 saturated heterocycles. The quantitative estimate of drug-likeness (QED) is 0.505. The number of methoxy groups -OCH3 is 1. The Bertz CT molecular complexity index is 1230. The maximum absolute atomic E-state index is 13.7. The third-order valence-electron chi connectivity index (χ3n) is 4.66. The lowest BCUT2D eigenvalue weighted by Crippen LogP contribution is -2.30. The molecule has 1 heterocycles. The Balaban J connectivity index is 2.10. The molecule has 0 spiro atoms. The first-order chi connectivity index (χ1) is 14.1. The summed E-state index contributed by atoms with van der Waals surface area (Å²) in [6.07, 6.45) is 1.06. The van der Waals surface area contributed by atoms with E-state index in [0.717, 1.165) is 16.7 Å². The topological polar surface area (TPSA) is 80.8 Å². The van der Waals surface area contributed by atoms with E-state index in [1.165, 1.54) is 41.0 Å². The lowest BCUT2D eigenvalue weighted by atomic mass is 10.2. The summed E-state index contributed by atoms with van der Waals surface area (Å²) in [6.45, 7) is 1.92. The molecule has 0 aliphatic carbocycles. The van der Waals surface area contributed by atoms with Gasteiger partial charge in [0.2, 0.25) is 10.0 Å². The van der Waals surface area contributed by atoms with Crippen LogP contribution in [0.25, 0.3) is 0 Å². The van der Waals surface area contributed by atoms with Crippen molar-refractivity contribution in [3.05, 3.63) is 76.0 Å². The first kappa shape index (κ1) is 22.5. The van der Waals surface area contributed by atoms with Crippen molar-refractivity contribution in [1.29, 1.82) is 0 Å². The minimum absolute atomic E-state index is 0.0168. The number of hydrogen-bond acceptors (Lipinski definition) is 6. The van der Waals surface area contributed by atoms with Crippen molar-refractivity contribution < 1.29 is 21.6 Å². The molecule has 9 heteroatoms. The van der Waals surface area contributed by atoms with E-state index < -0.39 is 19.9 Å². The minimum Gasteiger partial charge on any atom is -0.496 e. The van der Waals surface area contributed by atoms with Gasteiger partial charge in [-0.1, -0.05) is 30.3 Å². The molecule has 0 aliphatic heterocycles. The second-order valence-electron chi connectivity index (χ2n) is 6.86. The number of ether oxygens (including phenoxy) is 1. The summed E-state index contributed by atoms with van der Waals surface area (Å²) >= 11 is 1.46. The summed E-state index contributed by atoms with van der Waals surface area (Å²) in [7, 11) is -6.00. The Labute approximate surface area is 181 Å². The number of sulfone groups is 1. The van der Waals surface area contributed by atoms with Crippen molar-refractivity contribution in [2.24, 2.45) is 0 Å². The van der Waals surface area contributed by atoms with Gasteiger partial charge in [-0.25, -0.2) is 16.8 Å². The zero-order chi connectivity index (χ0) is 21.9. The van der Waals surface area contributed by atoms with Crippen molar-refractivity contribution in [2.45, 2.75) is 29.8 Å². The van der Waals surface area contributed by atoms with Crippen LogP contribution in [0.15, 0.2) is 69.8 Å². The van der Waals surface area contributed by atoms with E-state index in [-0.39, 0.29) is 22.9 Å². The predicted molar refractivity (Wildman–Crippen MR) is 118 cm³/mol. The van der Waals surface area contributed by atoms with E-state index in [1.807, 2.05) is 35.7 Å². The average molecular weight is 466 g/mol. The molecule has 160 valence electrons.